The van der Waals surface area contributed by atoms with Gasteiger partial charge in [-0.15, -0.1) is 0 Å². The van der Waals surface area contributed by atoms with E-state index in [4.69, 9.17) is 4.74 Å². The maximum Gasteiger partial charge on any atom is 0.410 e. The van der Waals surface area contributed by atoms with Crippen LogP contribution in [0.3, 0.4) is 0 Å². The Morgan fingerprint density at radius 1 is 1.08 bits per heavy atom. The number of piperidine rings is 1. The van der Waals surface area contributed by atoms with Crippen LogP contribution in [0.4, 0.5) is 4.79 Å². The molecule has 2 aliphatic rings. The molecular weight excluding hydrogens is 326 g/mol. The number of rotatable bonds is 5. The van der Waals surface area contributed by atoms with Gasteiger partial charge in [0.15, 0.2) is 0 Å². The summed E-state index contributed by atoms with van der Waals surface area (Å²) in [6, 6.07) is 10.1. The van der Waals surface area contributed by atoms with E-state index < -0.39 is 0 Å². The van der Waals surface area contributed by atoms with Crippen LogP contribution in [-0.2, 0) is 16.1 Å². The summed E-state index contributed by atoms with van der Waals surface area (Å²) in [7, 11) is 0. The molecule has 2 unspecified atom stereocenters. The molecule has 0 N–H and O–H groups in total. The molecule has 2 bridgehead atoms. The normalized spacial score (nSPS) is 25.2. The van der Waals surface area contributed by atoms with E-state index in [0.29, 0.717) is 18.8 Å². The molecule has 0 aromatic heterocycles. The van der Waals surface area contributed by atoms with E-state index in [2.05, 4.69) is 20.8 Å². The number of ether oxygens (including phenoxy) is 1. The third kappa shape index (κ3) is 4.66. The van der Waals surface area contributed by atoms with Crippen molar-refractivity contribution in [3.05, 3.63) is 35.9 Å². The fourth-order valence-electron chi connectivity index (χ4n) is 4.23. The Morgan fingerprint density at radius 2 is 1.69 bits per heavy atom. The van der Waals surface area contributed by atoms with Gasteiger partial charge in [-0.05, 0) is 43.1 Å². The number of nitrogens with zero attached hydrogens (tertiary/aromatic N) is 1. The largest absolute Gasteiger partial charge is 0.445 e. The van der Waals surface area contributed by atoms with Crippen molar-refractivity contribution in [2.24, 2.45) is 11.3 Å². The van der Waals surface area contributed by atoms with Crippen molar-refractivity contribution in [2.45, 2.75) is 78.0 Å². The first-order valence-corrected chi connectivity index (χ1v) is 9.85. The van der Waals surface area contributed by atoms with E-state index in [1.807, 2.05) is 35.2 Å². The molecule has 0 saturated carbocycles. The van der Waals surface area contributed by atoms with Gasteiger partial charge >= 0.3 is 6.09 Å². The van der Waals surface area contributed by atoms with Crippen molar-refractivity contribution in [1.29, 1.82) is 0 Å². The minimum atomic E-state index is -0.220. The molecule has 2 aliphatic heterocycles. The topological polar surface area (TPSA) is 46.6 Å². The quantitative estimate of drug-likeness (QED) is 0.748. The second-order valence-electron chi connectivity index (χ2n) is 9.03. The van der Waals surface area contributed by atoms with Crippen LogP contribution in [0.1, 0.15) is 64.9 Å². The van der Waals surface area contributed by atoms with Crippen LogP contribution < -0.4 is 0 Å². The highest BCUT2D eigenvalue weighted by Gasteiger charge is 2.45. The number of amides is 1. The molecule has 2 heterocycles. The lowest BCUT2D eigenvalue weighted by Gasteiger charge is -2.37. The number of hydrogen-bond acceptors (Lipinski definition) is 3. The van der Waals surface area contributed by atoms with E-state index in [1.54, 1.807) is 0 Å². The van der Waals surface area contributed by atoms with Gasteiger partial charge < -0.3 is 9.64 Å². The van der Waals surface area contributed by atoms with Gasteiger partial charge in [-0.3, -0.25) is 4.79 Å². The van der Waals surface area contributed by atoms with E-state index in [9.17, 15) is 9.59 Å². The van der Waals surface area contributed by atoms with Crippen molar-refractivity contribution >= 4 is 11.9 Å². The fraction of sp³-hybridized carbons (Fsp3) is 0.636. The molecule has 4 nitrogen and oxygen atoms in total. The van der Waals surface area contributed by atoms with Crippen molar-refractivity contribution in [2.75, 3.05) is 0 Å². The van der Waals surface area contributed by atoms with Crippen LogP contribution in [0, 0.1) is 11.3 Å². The number of carbonyl (C=O) groups is 2. The molecule has 142 valence electrons. The first kappa shape index (κ1) is 18.9. The van der Waals surface area contributed by atoms with Crippen LogP contribution >= 0.6 is 0 Å². The van der Waals surface area contributed by atoms with Gasteiger partial charge in [0.1, 0.15) is 12.4 Å². The van der Waals surface area contributed by atoms with Gasteiger partial charge in [0, 0.05) is 24.4 Å². The van der Waals surface area contributed by atoms with Gasteiger partial charge in [-0.2, -0.15) is 0 Å². The molecule has 0 spiro atoms. The third-order valence-electron chi connectivity index (χ3n) is 5.73. The predicted molar refractivity (Wildman–Crippen MR) is 102 cm³/mol. The zero-order chi connectivity index (χ0) is 18.7. The van der Waals surface area contributed by atoms with Gasteiger partial charge in [0.25, 0.3) is 0 Å². The molecule has 1 amide bonds. The van der Waals surface area contributed by atoms with Crippen LogP contribution in [0.5, 0.6) is 0 Å². The second kappa shape index (κ2) is 7.81. The van der Waals surface area contributed by atoms with Crippen LogP contribution in [0.15, 0.2) is 30.3 Å². The average molecular weight is 357 g/mol. The molecule has 26 heavy (non-hydrogen) atoms. The SMILES string of the molecule is CC(C)(C)CCC(=O)C1CC2CCC(C1)N2C(=O)OCc1ccccc1. The summed E-state index contributed by atoms with van der Waals surface area (Å²) in [6.45, 7) is 6.84. The summed E-state index contributed by atoms with van der Waals surface area (Å²) in [5.41, 5.74) is 1.19. The molecular formula is C22H31NO3. The Morgan fingerprint density at radius 3 is 2.27 bits per heavy atom. The predicted octanol–water partition coefficient (Wildman–Crippen LogP) is 4.96. The van der Waals surface area contributed by atoms with Crippen molar-refractivity contribution < 1.29 is 14.3 Å². The molecule has 2 atom stereocenters. The summed E-state index contributed by atoms with van der Waals surface area (Å²) in [5, 5.41) is 0. The molecule has 3 rings (SSSR count). The lowest BCUT2D eigenvalue weighted by Crippen LogP contribution is -2.48. The number of Topliss-reactive ketones (excluding diaryl/α,β-unsaturated/α-hetero) is 1. The average Bonchev–Trinajstić information content (AvgIpc) is 2.87. The summed E-state index contributed by atoms with van der Waals surface area (Å²) >= 11 is 0. The zero-order valence-corrected chi connectivity index (χ0v) is 16.2. The summed E-state index contributed by atoms with van der Waals surface area (Å²) in [5.74, 6) is 0.502. The summed E-state index contributed by atoms with van der Waals surface area (Å²) < 4.78 is 5.54. The highest BCUT2D eigenvalue weighted by atomic mass is 16.6. The Kier molecular flexibility index (Phi) is 5.69. The first-order chi connectivity index (χ1) is 12.3. The number of carbonyl (C=O) groups excluding carboxylic acids is 2. The maximum absolute atomic E-state index is 12.6. The Hall–Kier alpha value is -1.84. The smallest absolute Gasteiger partial charge is 0.410 e. The van der Waals surface area contributed by atoms with Crippen LogP contribution in [-0.4, -0.2) is 28.9 Å². The number of ketones is 1. The van der Waals surface area contributed by atoms with E-state index in [-0.39, 0.29) is 29.5 Å². The van der Waals surface area contributed by atoms with Crippen molar-refractivity contribution in [3.63, 3.8) is 0 Å². The van der Waals surface area contributed by atoms with Crippen LogP contribution in [0.25, 0.3) is 0 Å². The number of fused-ring (bicyclic) bond motifs is 2. The van der Waals surface area contributed by atoms with Crippen molar-refractivity contribution in [1.82, 2.24) is 4.90 Å². The second-order valence-corrected chi connectivity index (χ2v) is 9.03. The van der Waals surface area contributed by atoms with Gasteiger partial charge in [-0.1, -0.05) is 51.1 Å². The van der Waals surface area contributed by atoms with Crippen molar-refractivity contribution in [3.8, 4) is 0 Å². The summed E-state index contributed by atoms with van der Waals surface area (Å²) in [4.78, 5) is 27.1. The summed E-state index contributed by atoms with van der Waals surface area (Å²) in [6.07, 6.45) is 4.97. The highest BCUT2D eigenvalue weighted by Crippen LogP contribution is 2.40. The van der Waals surface area contributed by atoms with Gasteiger partial charge in [-0.25, -0.2) is 4.79 Å². The minimum Gasteiger partial charge on any atom is -0.445 e. The Bertz CT molecular complexity index is 621. The van der Waals surface area contributed by atoms with Crippen LogP contribution in [0.2, 0.25) is 0 Å². The molecule has 1 aromatic carbocycles. The molecule has 2 fully saturated rings. The standard InChI is InChI=1S/C22H31NO3/c1-22(2,3)12-11-20(24)17-13-18-9-10-19(14-17)23(18)21(25)26-15-16-7-5-4-6-8-16/h4-8,17-19H,9-15H2,1-3H3. The monoisotopic (exact) mass is 357 g/mol. The Labute approximate surface area is 156 Å². The first-order valence-electron chi connectivity index (χ1n) is 9.85. The van der Waals surface area contributed by atoms with E-state index in [1.165, 1.54) is 0 Å². The molecule has 0 aliphatic carbocycles. The molecule has 2 saturated heterocycles. The number of hydrogen-bond donors (Lipinski definition) is 0. The molecule has 4 heteroatoms. The fourth-order valence-corrected chi connectivity index (χ4v) is 4.23. The lowest BCUT2D eigenvalue weighted by molar-refractivity contribution is -0.125. The zero-order valence-electron chi connectivity index (χ0n) is 16.2. The van der Waals surface area contributed by atoms with E-state index >= 15 is 0 Å². The Balaban J connectivity index is 1.53. The van der Waals surface area contributed by atoms with E-state index in [0.717, 1.165) is 37.7 Å². The third-order valence-corrected chi connectivity index (χ3v) is 5.73. The highest BCUT2D eigenvalue weighted by molar-refractivity contribution is 5.81. The van der Waals surface area contributed by atoms with Gasteiger partial charge in [0.05, 0.1) is 0 Å². The number of benzene rings is 1. The molecule has 0 radical (unpaired) electrons. The lowest BCUT2D eigenvalue weighted by atomic mass is 9.82. The molecule has 1 aromatic rings. The van der Waals surface area contributed by atoms with Gasteiger partial charge in [0.2, 0.25) is 0 Å². The minimum absolute atomic E-state index is 0.119. The maximum atomic E-state index is 12.6.